The summed E-state index contributed by atoms with van der Waals surface area (Å²) in [5.74, 6) is -0.424. The molecule has 4 rings (SSSR count). The van der Waals surface area contributed by atoms with Gasteiger partial charge in [0.2, 0.25) is 10.0 Å². The van der Waals surface area contributed by atoms with E-state index in [4.69, 9.17) is 0 Å². The average Bonchev–Trinajstić information content (AvgIpc) is 3.16. The lowest BCUT2D eigenvalue weighted by Gasteiger charge is -2.32. The molecule has 7 nitrogen and oxygen atoms in total. The largest absolute Gasteiger partial charge is 0.307 e. The lowest BCUT2D eigenvalue weighted by molar-refractivity contribution is 0.286. The zero-order valence-corrected chi connectivity index (χ0v) is 20.0. The number of hydrogen-bond acceptors (Lipinski definition) is 6. The van der Waals surface area contributed by atoms with E-state index >= 15 is 0 Å². The minimum Gasteiger partial charge on any atom is -0.307 e. The molecular weight excluding hydrogens is 470 g/mol. The summed E-state index contributed by atoms with van der Waals surface area (Å²) in [6, 6.07) is 25.0. The number of sulfonamides is 1. The Kier molecular flexibility index (Phi) is 7.14. The Labute approximate surface area is 200 Å². The van der Waals surface area contributed by atoms with Gasteiger partial charge in [0.25, 0.3) is 0 Å². The molecule has 0 spiro atoms. The van der Waals surface area contributed by atoms with Crippen LogP contribution >= 0.6 is 0 Å². The third-order valence-corrected chi connectivity index (χ3v) is 9.44. The van der Waals surface area contributed by atoms with Crippen molar-refractivity contribution in [1.29, 1.82) is 5.26 Å². The zero-order chi connectivity index (χ0) is 24.2. The highest BCUT2D eigenvalue weighted by Gasteiger charge is 2.45. The summed E-state index contributed by atoms with van der Waals surface area (Å²) >= 11 is 0. The van der Waals surface area contributed by atoms with Crippen LogP contribution in [0.4, 0.5) is 0 Å². The number of nitriles is 1. The van der Waals surface area contributed by atoms with Gasteiger partial charge in [-0.15, -0.1) is 0 Å². The summed E-state index contributed by atoms with van der Waals surface area (Å²) in [6.07, 6.45) is 0. The Morgan fingerprint density at radius 1 is 0.912 bits per heavy atom. The molecule has 1 aliphatic rings. The van der Waals surface area contributed by atoms with Crippen molar-refractivity contribution in [2.75, 3.05) is 11.5 Å². The molecule has 1 N–H and O–H groups in total. The van der Waals surface area contributed by atoms with Gasteiger partial charge in [0, 0.05) is 19.1 Å². The second kappa shape index (κ2) is 10.1. The molecule has 1 fully saturated rings. The van der Waals surface area contributed by atoms with E-state index in [0.29, 0.717) is 6.54 Å². The highest BCUT2D eigenvalue weighted by atomic mass is 32.2. The summed E-state index contributed by atoms with van der Waals surface area (Å²) in [4.78, 5) is -0.0337. The van der Waals surface area contributed by atoms with Gasteiger partial charge in [-0.25, -0.2) is 16.8 Å². The third kappa shape index (κ3) is 5.54. The van der Waals surface area contributed by atoms with Crippen molar-refractivity contribution in [2.24, 2.45) is 0 Å². The highest BCUT2D eigenvalue weighted by molar-refractivity contribution is 7.92. The van der Waals surface area contributed by atoms with E-state index in [1.165, 1.54) is 28.6 Å². The van der Waals surface area contributed by atoms with Crippen LogP contribution in [0.5, 0.6) is 0 Å². The number of hydrogen-bond donors (Lipinski definition) is 1. The van der Waals surface area contributed by atoms with E-state index in [9.17, 15) is 22.1 Å². The van der Waals surface area contributed by atoms with Crippen molar-refractivity contribution in [3.63, 3.8) is 0 Å². The maximum atomic E-state index is 13.8. The van der Waals surface area contributed by atoms with Crippen LogP contribution < -0.4 is 5.32 Å². The fourth-order valence-electron chi connectivity index (χ4n) is 4.16. The first-order valence-corrected chi connectivity index (χ1v) is 14.1. The van der Waals surface area contributed by atoms with Crippen molar-refractivity contribution in [1.82, 2.24) is 9.62 Å². The Hall–Kier alpha value is -3.03. The molecule has 34 heavy (non-hydrogen) atoms. The van der Waals surface area contributed by atoms with Gasteiger partial charge in [-0.1, -0.05) is 66.7 Å². The van der Waals surface area contributed by atoms with Gasteiger partial charge < -0.3 is 5.32 Å². The minimum atomic E-state index is -4.10. The standard InChI is InChI=1S/C25H25N3O4S2/c26-15-22-12-7-13-23(14-22)34(31,32)28(17-21-10-5-2-6-11-21)25-19-33(29,30)18-24(25)27-16-20-8-3-1-4-9-20/h1-14,24-25,27H,16-19H2/t24-,25-/m0/s1. The Morgan fingerprint density at radius 2 is 1.56 bits per heavy atom. The third-order valence-electron chi connectivity index (χ3n) is 5.85. The summed E-state index contributed by atoms with van der Waals surface area (Å²) in [5, 5.41) is 12.5. The molecule has 2 atom stereocenters. The topological polar surface area (TPSA) is 107 Å². The van der Waals surface area contributed by atoms with Gasteiger partial charge in [0.1, 0.15) is 0 Å². The fraction of sp³-hybridized carbons (Fsp3) is 0.240. The molecule has 1 aliphatic heterocycles. The molecule has 0 radical (unpaired) electrons. The summed E-state index contributed by atoms with van der Waals surface area (Å²) in [7, 11) is -7.57. The number of benzene rings is 3. The van der Waals surface area contributed by atoms with E-state index in [-0.39, 0.29) is 28.5 Å². The van der Waals surface area contributed by atoms with Crippen molar-refractivity contribution in [3.05, 3.63) is 102 Å². The molecule has 3 aromatic rings. The first-order chi connectivity index (χ1) is 16.3. The molecule has 0 saturated carbocycles. The molecule has 1 saturated heterocycles. The minimum absolute atomic E-state index is 0.0175. The monoisotopic (exact) mass is 495 g/mol. The Bertz CT molecular complexity index is 1390. The number of rotatable bonds is 8. The number of nitrogens with one attached hydrogen (secondary N) is 1. The zero-order valence-electron chi connectivity index (χ0n) is 18.4. The van der Waals surface area contributed by atoms with E-state index in [0.717, 1.165) is 11.1 Å². The van der Waals surface area contributed by atoms with E-state index in [2.05, 4.69) is 5.32 Å². The van der Waals surface area contributed by atoms with Crippen LogP contribution in [0, 0.1) is 11.3 Å². The first-order valence-electron chi connectivity index (χ1n) is 10.8. The molecule has 176 valence electrons. The molecule has 1 heterocycles. The SMILES string of the molecule is N#Cc1cccc(S(=O)(=O)N(Cc2ccccc2)[C@H]2CS(=O)(=O)C[C@@H]2NCc2ccccc2)c1. The number of sulfone groups is 1. The normalized spacial score (nSPS) is 19.6. The fourth-order valence-corrected chi connectivity index (χ4v) is 7.90. The van der Waals surface area contributed by atoms with E-state index < -0.39 is 31.9 Å². The first kappa shape index (κ1) is 24.1. The molecular formula is C25H25N3O4S2. The maximum absolute atomic E-state index is 13.8. The van der Waals surface area contributed by atoms with Crippen LogP contribution in [0.15, 0.2) is 89.8 Å². The van der Waals surface area contributed by atoms with Gasteiger partial charge >= 0.3 is 0 Å². The van der Waals surface area contributed by atoms with Crippen LogP contribution in [-0.2, 0) is 33.0 Å². The molecule has 0 amide bonds. The van der Waals surface area contributed by atoms with Gasteiger partial charge in [-0.05, 0) is 29.3 Å². The maximum Gasteiger partial charge on any atom is 0.243 e. The summed E-state index contributed by atoms with van der Waals surface area (Å²) < 4.78 is 54.3. The molecule has 3 aromatic carbocycles. The Balaban J connectivity index is 1.72. The molecule has 9 heteroatoms. The molecule has 0 bridgehead atoms. The predicted octanol–water partition coefficient (Wildman–Crippen LogP) is 2.70. The molecule has 0 unspecified atom stereocenters. The molecule has 0 aromatic heterocycles. The average molecular weight is 496 g/mol. The summed E-state index contributed by atoms with van der Waals surface area (Å²) in [6.45, 7) is 0.435. The second-order valence-corrected chi connectivity index (χ2v) is 12.3. The van der Waals surface area contributed by atoms with Crippen molar-refractivity contribution < 1.29 is 16.8 Å². The van der Waals surface area contributed by atoms with Gasteiger partial charge in [-0.2, -0.15) is 9.57 Å². The van der Waals surface area contributed by atoms with Crippen LogP contribution in [0.1, 0.15) is 16.7 Å². The molecule has 0 aliphatic carbocycles. The van der Waals surface area contributed by atoms with Crippen LogP contribution in [0.2, 0.25) is 0 Å². The highest BCUT2D eigenvalue weighted by Crippen LogP contribution is 2.28. The van der Waals surface area contributed by atoms with Gasteiger partial charge in [0.05, 0.1) is 34.1 Å². The van der Waals surface area contributed by atoms with Crippen LogP contribution in [0.25, 0.3) is 0 Å². The van der Waals surface area contributed by atoms with Crippen molar-refractivity contribution in [3.8, 4) is 6.07 Å². The van der Waals surface area contributed by atoms with Gasteiger partial charge in [0.15, 0.2) is 9.84 Å². The lowest BCUT2D eigenvalue weighted by atomic mass is 10.1. The van der Waals surface area contributed by atoms with E-state index in [1.807, 2.05) is 66.7 Å². The quantitative estimate of drug-likeness (QED) is 0.515. The lowest BCUT2D eigenvalue weighted by Crippen LogP contribution is -2.51. The van der Waals surface area contributed by atoms with Crippen LogP contribution in [0.3, 0.4) is 0 Å². The second-order valence-electron chi connectivity index (χ2n) is 8.29. The van der Waals surface area contributed by atoms with Crippen molar-refractivity contribution >= 4 is 19.9 Å². The smallest absolute Gasteiger partial charge is 0.243 e. The van der Waals surface area contributed by atoms with Crippen LogP contribution in [-0.4, -0.2) is 44.7 Å². The van der Waals surface area contributed by atoms with E-state index in [1.54, 1.807) is 0 Å². The number of nitrogens with zero attached hydrogens (tertiary/aromatic N) is 2. The predicted molar refractivity (Wildman–Crippen MR) is 130 cm³/mol. The van der Waals surface area contributed by atoms with Gasteiger partial charge in [-0.3, -0.25) is 0 Å². The summed E-state index contributed by atoms with van der Waals surface area (Å²) in [5.41, 5.74) is 1.94. The Morgan fingerprint density at radius 3 is 2.21 bits per heavy atom. The van der Waals surface area contributed by atoms with Crippen molar-refractivity contribution in [2.45, 2.75) is 30.1 Å².